The fourth-order valence-corrected chi connectivity index (χ4v) is 3.44. The molecule has 3 aromatic carbocycles. The van der Waals surface area contributed by atoms with E-state index in [0.29, 0.717) is 5.02 Å². The van der Waals surface area contributed by atoms with Crippen LogP contribution in [0.2, 0.25) is 5.02 Å². The number of anilines is 1. The third-order valence-corrected chi connectivity index (χ3v) is 4.86. The first kappa shape index (κ1) is 16.4. The lowest BCUT2D eigenvalue weighted by atomic mass is 10.1. The Hall–Kier alpha value is -2.12. The Balaban J connectivity index is 1.82. The number of nitrogens with zero attached hydrogens (tertiary/aromatic N) is 3. The van der Waals surface area contributed by atoms with Gasteiger partial charge in [-0.3, -0.25) is 0 Å². The van der Waals surface area contributed by atoms with E-state index < -0.39 is 0 Å². The van der Waals surface area contributed by atoms with Crippen molar-refractivity contribution < 1.29 is 0 Å². The van der Waals surface area contributed by atoms with Crippen LogP contribution < -0.4 is 5.32 Å². The van der Waals surface area contributed by atoms with Gasteiger partial charge < -0.3 is 5.32 Å². The summed E-state index contributed by atoms with van der Waals surface area (Å²) in [5.74, 6) is 0. The van der Waals surface area contributed by atoms with Crippen molar-refractivity contribution in [3.8, 4) is 0 Å². The summed E-state index contributed by atoms with van der Waals surface area (Å²) in [6.07, 6.45) is -0.178. The molecule has 0 aliphatic heterocycles. The predicted molar refractivity (Wildman–Crippen MR) is 110 cm³/mol. The van der Waals surface area contributed by atoms with Crippen molar-refractivity contribution in [2.24, 2.45) is 0 Å². The molecular formula is C19H14ClIN4. The second-order valence-electron chi connectivity index (χ2n) is 5.63. The van der Waals surface area contributed by atoms with Crippen LogP contribution >= 0.6 is 34.2 Å². The summed E-state index contributed by atoms with van der Waals surface area (Å²) in [7, 11) is 0. The molecule has 6 heteroatoms. The van der Waals surface area contributed by atoms with Crippen LogP contribution in [0.15, 0.2) is 72.8 Å². The van der Waals surface area contributed by atoms with Crippen molar-refractivity contribution in [2.45, 2.75) is 6.17 Å². The molecule has 0 bridgehead atoms. The third-order valence-electron chi connectivity index (χ3n) is 3.93. The molecule has 0 amide bonds. The molecule has 1 heterocycles. The molecule has 1 atom stereocenters. The zero-order valence-electron chi connectivity index (χ0n) is 13.1. The van der Waals surface area contributed by atoms with Crippen LogP contribution in [0.25, 0.3) is 11.0 Å². The molecule has 4 rings (SSSR count). The van der Waals surface area contributed by atoms with Crippen LogP contribution in [-0.4, -0.2) is 15.0 Å². The van der Waals surface area contributed by atoms with Crippen LogP contribution in [0, 0.1) is 3.57 Å². The van der Waals surface area contributed by atoms with Crippen LogP contribution in [0.4, 0.5) is 5.69 Å². The monoisotopic (exact) mass is 460 g/mol. The lowest BCUT2D eigenvalue weighted by Crippen LogP contribution is -2.21. The van der Waals surface area contributed by atoms with E-state index in [-0.39, 0.29) is 6.17 Å². The lowest BCUT2D eigenvalue weighted by molar-refractivity contribution is 0.571. The number of hydrogen-bond donors (Lipinski definition) is 1. The van der Waals surface area contributed by atoms with E-state index in [1.165, 1.54) is 3.57 Å². The zero-order chi connectivity index (χ0) is 17.2. The quantitative estimate of drug-likeness (QED) is 0.418. The van der Waals surface area contributed by atoms with Crippen molar-refractivity contribution in [1.82, 2.24) is 15.0 Å². The van der Waals surface area contributed by atoms with E-state index in [4.69, 9.17) is 11.6 Å². The predicted octanol–water partition coefficient (Wildman–Crippen LogP) is 5.35. The maximum Gasteiger partial charge on any atom is 0.149 e. The van der Waals surface area contributed by atoms with Gasteiger partial charge in [0.25, 0.3) is 0 Å². The van der Waals surface area contributed by atoms with E-state index in [1.54, 1.807) is 0 Å². The number of para-hydroxylation sites is 1. The molecule has 0 spiro atoms. The first-order valence-electron chi connectivity index (χ1n) is 7.78. The molecule has 0 saturated carbocycles. The Morgan fingerprint density at radius 3 is 2.56 bits per heavy atom. The summed E-state index contributed by atoms with van der Waals surface area (Å²) in [6.45, 7) is 0. The average molecular weight is 461 g/mol. The fourth-order valence-electron chi connectivity index (χ4n) is 2.74. The number of hydrogen-bond acceptors (Lipinski definition) is 3. The molecule has 0 aliphatic rings. The number of fused-ring (bicyclic) bond motifs is 1. The summed E-state index contributed by atoms with van der Waals surface area (Å²) < 4.78 is 3.08. The summed E-state index contributed by atoms with van der Waals surface area (Å²) in [6, 6.07) is 24.0. The summed E-state index contributed by atoms with van der Waals surface area (Å²) in [5, 5.41) is 12.9. The number of nitrogens with one attached hydrogen (secondary N) is 1. The third kappa shape index (κ3) is 3.48. The highest BCUT2D eigenvalue weighted by Crippen LogP contribution is 2.26. The van der Waals surface area contributed by atoms with E-state index in [2.05, 4.69) is 56.4 Å². The second-order valence-corrected chi connectivity index (χ2v) is 7.31. The first-order chi connectivity index (χ1) is 12.2. The van der Waals surface area contributed by atoms with Gasteiger partial charge in [-0.25, -0.2) is 4.68 Å². The highest BCUT2D eigenvalue weighted by atomic mass is 127. The Labute approximate surface area is 164 Å². The van der Waals surface area contributed by atoms with Crippen molar-refractivity contribution in [3.05, 3.63) is 87.0 Å². The molecule has 1 aromatic heterocycles. The minimum atomic E-state index is -0.178. The molecule has 0 saturated heterocycles. The zero-order valence-corrected chi connectivity index (χ0v) is 16.0. The topological polar surface area (TPSA) is 42.7 Å². The molecule has 25 heavy (non-hydrogen) atoms. The minimum absolute atomic E-state index is 0.178. The van der Waals surface area contributed by atoms with Gasteiger partial charge in [0.15, 0.2) is 0 Å². The van der Waals surface area contributed by atoms with Gasteiger partial charge in [0.05, 0.1) is 5.52 Å². The van der Waals surface area contributed by atoms with Crippen LogP contribution in [-0.2, 0) is 0 Å². The molecule has 0 fully saturated rings. The van der Waals surface area contributed by atoms with Crippen molar-refractivity contribution in [1.29, 1.82) is 0 Å². The lowest BCUT2D eigenvalue weighted by Gasteiger charge is -2.21. The van der Waals surface area contributed by atoms with Gasteiger partial charge in [0, 0.05) is 14.3 Å². The number of halogens is 2. The van der Waals surface area contributed by atoms with Crippen molar-refractivity contribution in [3.63, 3.8) is 0 Å². The van der Waals surface area contributed by atoms with Gasteiger partial charge in [-0.1, -0.05) is 41.1 Å². The molecule has 4 nitrogen and oxygen atoms in total. The Kier molecular flexibility index (Phi) is 4.59. The standard InChI is InChI=1S/C19H14ClIN4/c20-14-8-10-16(11-9-14)22-19(13-4-3-5-15(21)12-13)25-18-7-2-1-6-17(18)23-24-25/h1-12,19,22H/t19-/m0/s1. The SMILES string of the molecule is Clc1ccc(N[C@H](c2cccc(I)c2)n2nnc3ccccc32)cc1. The molecule has 4 aromatic rings. The van der Waals surface area contributed by atoms with Gasteiger partial charge in [0.2, 0.25) is 0 Å². The van der Waals surface area contributed by atoms with E-state index in [9.17, 15) is 0 Å². The molecule has 0 unspecified atom stereocenters. The van der Waals surface area contributed by atoms with Gasteiger partial charge in [-0.15, -0.1) is 5.10 Å². The van der Waals surface area contributed by atoms with Crippen LogP contribution in [0.5, 0.6) is 0 Å². The Morgan fingerprint density at radius 1 is 0.960 bits per heavy atom. The molecule has 0 aliphatic carbocycles. The first-order valence-corrected chi connectivity index (χ1v) is 9.24. The van der Waals surface area contributed by atoms with Gasteiger partial charge in [-0.2, -0.15) is 0 Å². The molecular weight excluding hydrogens is 447 g/mol. The van der Waals surface area contributed by atoms with Gasteiger partial charge in [-0.05, 0) is 76.7 Å². The Bertz CT molecular complexity index is 1010. The largest absolute Gasteiger partial charge is 0.360 e. The number of benzene rings is 3. The normalized spacial score (nSPS) is 12.2. The summed E-state index contributed by atoms with van der Waals surface area (Å²) >= 11 is 8.33. The van der Waals surface area contributed by atoms with Crippen molar-refractivity contribution in [2.75, 3.05) is 5.32 Å². The Morgan fingerprint density at radius 2 is 1.76 bits per heavy atom. The number of aromatic nitrogens is 3. The summed E-state index contributed by atoms with van der Waals surface area (Å²) in [5.41, 5.74) is 3.93. The van der Waals surface area contributed by atoms with Crippen molar-refractivity contribution >= 4 is 50.9 Å². The minimum Gasteiger partial charge on any atom is -0.360 e. The maximum atomic E-state index is 6.01. The van der Waals surface area contributed by atoms with Gasteiger partial charge in [0.1, 0.15) is 11.7 Å². The van der Waals surface area contributed by atoms with E-state index in [0.717, 1.165) is 22.3 Å². The highest BCUT2D eigenvalue weighted by molar-refractivity contribution is 14.1. The molecule has 1 N–H and O–H groups in total. The van der Waals surface area contributed by atoms with Gasteiger partial charge >= 0.3 is 0 Å². The van der Waals surface area contributed by atoms with E-state index >= 15 is 0 Å². The highest BCUT2D eigenvalue weighted by Gasteiger charge is 2.18. The number of rotatable bonds is 4. The average Bonchev–Trinajstić information content (AvgIpc) is 3.05. The van der Waals surface area contributed by atoms with E-state index in [1.807, 2.05) is 59.3 Å². The summed E-state index contributed by atoms with van der Waals surface area (Å²) in [4.78, 5) is 0. The van der Waals surface area contributed by atoms with Crippen LogP contribution in [0.3, 0.4) is 0 Å². The molecule has 124 valence electrons. The van der Waals surface area contributed by atoms with Crippen LogP contribution in [0.1, 0.15) is 11.7 Å². The second kappa shape index (κ2) is 7.01. The smallest absolute Gasteiger partial charge is 0.149 e. The fraction of sp³-hybridized carbons (Fsp3) is 0.0526. The molecule has 0 radical (unpaired) electrons. The maximum absolute atomic E-state index is 6.01.